The van der Waals surface area contributed by atoms with Crippen molar-refractivity contribution in [1.29, 1.82) is 0 Å². The molecule has 0 N–H and O–H groups in total. The van der Waals surface area contributed by atoms with E-state index in [1.165, 1.54) is 0 Å². The van der Waals surface area contributed by atoms with Crippen molar-refractivity contribution in [3.8, 4) is 0 Å². The van der Waals surface area contributed by atoms with Gasteiger partial charge in [-0.2, -0.15) is 26.3 Å². The summed E-state index contributed by atoms with van der Waals surface area (Å²) in [6, 6.07) is 0. The van der Waals surface area contributed by atoms with E-state index in [0.717, 1.165) is 0 Å². The Hall–Kier alpha value is -1.35. The molecule has 19 heavy (non-hydrogen) atoms. The molecule has 0 atom stereocenters. The third-order valence-corrected chi connectivity index (χ3v) is 1.98. The van der Waals surface area contributed by atoms with Crippen molar-refractivity contribution in [2.24, 2.45) is 0 Å². The van der Waals surface area contributed by atoms with Crippen LogP contribution in [0.4, 0.5) is 35.1 Å². The molecular weight excluding hydrogens is 292 g/mol. The van der Waals surface area contributed by atoms with Gasteiger partial charge in [-0.05, 0) is 0 Å². The van der Waals surface area contributed by atoms with Gasteiger partial charge in [0.1, 0.15) is 0 Å². The predicted molar refractivity (Wildman–Crippen MR) is 46.6 cm³/mol. The summed E-state index contributed by atoms with van der Waals surface area (Å²) in [5, 5.41) is 0. The Morgan fingerprint density at radius 2 is 1.63 bits per heavy atom. The first kappa shape index (κ1) is 17.6. The van der Waals surface area contributed by atoms with E-state index in [1.54, 1.807) is 0 Å². The van der Waals surface area contributed by atoms with Gasteiger partial charge < -0.3 is 4.74 Å². The van der Waals surface area contributed by atoms with Crippen molar-refractivity contribution in [2.45, 2.75) is 30.6 Å². The molecule has 0 saturated carbocycles. The molecular formula is C9H8F8O2. The van der Waals surface area contributed by atoms with Crippen LogP contribution < -0.4 is 0 Å². The molecule has 0 rings (SSSR count). The molecule has 0 aliphatic rings. The van der Waals surface area contributed by atoms with Crippen molar-refractivity contribution in [2.75, 3.05) is 6.61 Å². The van der Waals surface area contributed by atoms with Gasteiger partial charge in [0.15, 0.2) is 0 Å². The molecule has 0 bridgehead atoms. The van der Waals surface area contributed by atoms with Crippen LogP contribution in [0.3, 0.4) is 0 Å². The van der Waals surface area contributed by atoms with Crippen LogP contribution in [0.25, 0.3) is 0 Å². The van der Waals surface area contributed by atoms with Gasteiger partial charge in [-0.25, -0.2) is 13.6 Å². The maximum absolute atomic E-state index is 12.8. The Kier molecular flexibility index (Phi) is 5.33. The van der Waals surface area contributed by atoms with Crippen molar-refractivity contribution in [1.82, 2.24) is 0 Å². The summed E-state index contributed by atoms with van der Waals surface area (Å²) in [7, 11) is 0. The number of hydrogen-bond acceptors (Lipinski definition) is 2. The van der Waals surface area contributed by atoms with Crippen LogP contribution in [0, 0.1) is 0 Å². The zero-order valence-electron chi connectivity index (χ0n) is 9.12. The van der Waals surface area contributed by atoms with Crippen LogP contribution in [-0.2, 0) is 9.53 Å². The molecule has 0 aromatic carbocycles. The molecule has 0 saturated heterocycles. The Bertz CT molecular complexity index is 339. The molecule has 0 aliphatic carbocycles. The normalized spacial score (nSPS) is 13.5. The Morgan fingerprint density at radius 1 is 1.16 bits per heavy atom. The maximum atomic E-state index is 12.8. The van der Waals surface area contributed by atoms with Crippen LogP contribution in [-0.4, -0.2) is 36.8 Å². The summed E-state index contributed by atoms with van der Waals surface area (Å²) in [6.07, 6.45) is -6.49. The largest absolute Gasteiger partial charge is 0.462 e. The highest BCUT2D eigenvalue weighted by Gasteiger charge is 2.74. The number of alkyl halides is 8. The lowest BCUT2D eigenvalue weighted by molar-refractivity contribution is -0.340. The van der Waals surface area contributed by atoms with Crippen LogP contribution in [0.5, 0.6) is 0 Å². The molecule has 10 heteroatoms. The van der Waals surface area contributed by atoms with Crippen molar-refractivity contribution < 1.29 is 44.7 Å². The fraction of sp³-hybridized carbons (Fsp3) is 0.667. The number of esters is 1. The van der Waals surface area contributed by atoms with E-state index in [2.05, 4.69) is 11.3 Å². The summed E-state index contributed by atoms with van der Waals surface area (Å²) >= 11 is 0. The lowest BCUT2D eigenvalue weighted by Crippen LogP contribution is -2.57. The molecule has 2 nitrogen and oxygen atoms in total. The number of carbonyl (C=O) groups is 1. The second-order valence-corrected chi connectivity index (χ2v) is 3.32. The third kappa shape index (κ3) is 3.57. The molecule has 0 aliphatic heterocycles. The van der Waals surface area contributed by atoms with E-state index in [-0.39, 0.29) is 0 Å². The number of rotatable bonds is 7. The summed E-state index contributed by atoms with van der Waals surface area (Å²) in [6.45, 7) is 1.50. The van der Waals surface area contributed by atoms with Crippen LogP contribution in [0.1, 0.15) is 6.42 Å². The highest BCUT2D eigenvalue weighted by Crippen LogP contribution is 2.49. The van der Waals surface area contributed by atoms with E-state index in [4.69, 9.17) is 0 Å². The smallest absolute Gasteiger partial charge is 0.377 e. The monoisotopic (exact) mass is 300 g/mol. The average molecular weight is 300 g/mol. The van der Waals surface area contributed by atoms with E-state index in [9.17, 15) is 39.9 Å². The fourth-order valence-corrected chi connectivity index (χ4v) is 0.877. The van der Waals surface area contributed by atoms with Crippen molar-refractivity contribution in [3.05, 3.63) is 12.7 Å². The molecule has 0 aromatic rings. The summed E-state index contributed by atoms with van der Waals surface area (Å²) in [5.41, 5.74) is 0. The molecule has 0 heterocycles. The Balaban J connectivity index is 4.87. The van der Waals surface area contributed by atoms with Gasteiger partial charge in [0.05, 0.1) is 13.0 Å². The second-order valence-electron chi connectivity index (χ2n) is 3.32. The van der Waals surface area contributed by atoms with E-state index >= 15 is 0 Å². The average Bonchev–Trinajstić information content (AvgIpc) is 2.27. The van der Waals surface area contributed by atoms with Crippen LogP contribution >= 0.6 is 0 Å². The summed E-state index contributed by atoms with van der Waals surface area (Å²) in [5.74, 6) is -19.2. The molecule has 0 unspecified atom stereocenters. The molecule has 112 valence electrons. The first-order valence-electron chi connectivity index (χ1n) is 4.61. The lowest BCUT2D eigenvalue weighted by Gasteiger charge is -2.32. The quantitative estimate of drug-likeness (QED) is 0.410. The van der Waals surface area contributed by atoms with Gasteiger partial charge in [-0.3, -0.25) is 0 Å². The topological polar surface area (TPSA) is 26.3 Å². The van der Waals surface area contributed by atoms with E-state index in [1.807, 2.05) is 0 Å². The number of ether oxygens (including phenoxy) is 1. The summed E-state index contributed by atoms with van der Waals surface area (Å²) in [4.78, 5) is 10.4. The second kappa shape index (κ2) is 5.74. The van der Waals surface area contributed by atoms with Gasteiger partial charge in [-0.15, -0.1) is 0 Å². The zero-order valence-corrected chi connectivity index (χ0v) is 9.12. The lowest BCUT2D eigenvalue weighted by atomic mass is 10.0. The SMILES string of the molecule is C=CC(=O)OCCC(F)(F)C(F)(F)C(F)(F)C(F)F. The minimum atomic E-state index is -6.28. The van der Waals surface area contributed by atoms with Gasteiger partial charge >= 0.3 is 30.2 Å². The maximum Gasteiger partial charge on any atom is 0.377 e. The highest BCUT2D eigenvalue weighted by molar-refractivity contribution is 5.81. The van der Waals surface area contributed by atoms with Gasteiger partial charge in [0.25, 0.3) is 0 Å². The van der Waals surface area contributed by atoms with Crippen molar-refractivity contribution in [3.63, 3.8) is 0 Å². The highest BCUT2D eigenvalue weighted by atomic mass is 19.4. The van der Waals surface area contributed by atoms with E-state index in [0.29, 0.717) is 6.08 Å². The molecule has 0 radical (unpaired) electrons. The Labute approximate surface area is 102 Å². The Morgan fingerprint density at radius 3 is 2.00 bits per heavy atom. The molecule has 0 aromatic heterocycles. The van der Waals surface area contributed by atoms with Gasteiger partial charge in [0, 0.05) is 6.08 Å². The van der Waals surface area contributed by atoms with Gasteiger partial charge in [-0.1, -0.05) is 6.58 Å². The fourth-order valence-electron chi connectivity index (χ4n) is 0.877. The summed E-state index contributed by atoms with van der Waals surface area (Å²) < 4.78 is 103. The van der Waals surface area contributed by atoms with E-state index < -0.39 is 43.2 Å². The minimum absolute atomic E-state index is 0.518. The standard InChI is InChI=1S/C9H8F8O2/c1-2-5(18)19-4-3-7(12,13)9(16,17)8(14,15)6(10)11/h2,6H,1,3-4H2. The predicted octanol–water partition coefficient (Wildman–Crippen LogP) is 3.28. The van der Waals surface area contributed by atoms with Crippen molar-refractivity contribution >= 4 is 5.97 Å². The molecule has 0 amide bonds. The third-order valence-electron chi connectivity index (χ3n) is 1.98. The first-order valence-corrected chi connectivity index (χ1v) is 4.61. The number of hydrogen-bond donors (Lipinski definition) is 0. The number of carbonyl (C=O) groups excluding carboxylic acids is 1. The van der Waals surface area contributed by atoms with Crippen LogP contribution in [0.2, 0.25) is 0 Å². The first-order chi connectivity index (χ1) is 8.40. The minimum Gasteiger partial charge on any atom is -0.462 e. The van der Waals surface area contributed by atoms with Crippen LogP contribution in [0.15, 0.2) is 12.7 Å². The number of halogens is 8. The molecule has 0 spiro atoms. The zero-order chi connectivity index (χ0) is 15.5. The molecule has 0 fully saturated rings. The van der Waals surface area contributed by atoms with Gasteiger partial charge in [0.2, 0.25) is 0 Å².